The van der Waals surface area contributed by atoms with Crippen molar-refractivity contribution in [2.75, 3.05) is 27.4 Å². The summed E-state index contributed by atoms with van der Waals surface area (Å²) in [6, 6.07) is 5.36. The van der Waals surface area contributed by atoms with Crippen LogP contribution >= 0.6 is 0 Å². The zero-order chi connectivity index (χ0) is 13.4. The zero-order valence-electron chi connectivity index (χ0n) is 10.6. The van der Waals surface area contributed by atoms with Crippen LogP contribution in [0.3, 0.4) is 0 Å². The van der Waals surface area contributed by atoms with Crippen LogP contribution in [-0.4, -0.2) is 38.4 Å². The minimum atomic E-state index is 0.0794. The summed E-state index contributed by atoms with van der Waals surface area (Å²) < 4.78 is 10.2. The van der Waals surface area contributed by atoms with Gasteiger partial charge in [-0.1, -0.05) is 5.16 Å². The first kappa shape index (κ1) is 14.3. The lowest BCUT2D eigenvalue weighted by Crippen LogP contribution is -2.20. The van der Waals surface area contributed by atoms with E-state index in [0.717, 1.165) is 17.9 Å². The number of nitrogens with zero attached hydrogens (tertiary/aromatic N) is 1. The van der Waals surface area contributed by atoms with E-state index in [4.69, 9.17) is 20.4 Å². The van der Waals surface area contributed by atoms with Crippen molar-refractivity contribution in [1.82, 2.24) is 5.32 Å². The summed E-state index contributed by atoms with van der Waals surface area (Å²) in [6.45, 7) is 2.01. The minimum absolute atomic E-state index is 0.0794. The van der Waals surface area contributed by atoms with Gasteiger partial charge >= 0.3 is 0 Å². The van der Waals surface area contributed by atoms with E-state index >= 15 is 0 Å². The summed E-state index contributed by atoms with van der Waals surface area (Å²) in [5.41, 5.74) is 7.15. The van der Waals surface area contributed by atoms with E-state index in [1.807, 2.05) is 6.07 Å². The minimum Gasteiger partial charge on any atom is -0.496 e. The number of ether oxygens (including phenoxy) is 2. The van der Waals surface area contributed by atoms with Gasteiger partial charge in [0.1, 0.15) is 5.75 Å². The maximum Gasteiger partial charge on any atom is 0.170 e. The fourth-order valence-electron chi connectivity index (χ4n) is 1.53. The summed E-state index contributed by atoms with van der Waals surface area (Å²) in [7, 11) is 3.26. The second-order valence-electron chi connectivity index (χ2n) is 3.68. The van der Waals surface area contributed by atoms with Gasteiger partial charge in [0.15, 0.2) is 5.84 Å². The highest BCUT2D eigenvalue weighted by Crippen LogP contribution is 2.19. The van der Waals surface area contributed by atoms with E-state index < -0.39 is 0 Å². The number of nitrogens with two attached hydrogens (primary N) is 1. The normalized spacial score (nSPS) is 11.6. The fourth-order valence-corrected chi connectivity index (χ4v) is 1.53. The molecule has 6 heteroatoms. The molecule has 0 aliphatic rings. The molecule has 0 radical (unpaired) electrons. The molecule has 4 N–H and O–H groups in total. The maximum atomic E-state index is 8.65. The smallest absolute Gasteiger partial charge is 0.170 e. The molecule has 1 rings (SSSR count). The first-order valence-electron chi connectivity index (χ1n) is 5.57. The highest BCUT2D eigenvalue weighted by atomic mass is 16.5. The molecule has 18 heavy (non-hydrogen) atoms. The van der Waals surface area contributed by atoms with Crippen LogP contribution in [0.25, 0.3) is 0 Å². The Morgan fingerprint density at radius 3 is 2.83 bits per heavy atom. The number of hydrogen-bond donors (Lipinski definition) is 3. The molecule has 0 atom stereocenters. The van der Waals surface area contributed by atoms with Gasteiger partial charge in [-0.25, -0.2) is 0 Å². The van der Waals surface area contributed by atoms with Crippen LogP contribution in [0.1, 0.15) is 11.1 Å². The van der Waals surface area contributed by atoms with Crippen molar-refractivity contribution >= 4 is 5.84 Å². The molecule has 6 nitrogen and oxygen atoms in total. The molecular weight excluding hydrogens is 234 g/mol. The average Bonchev–Trinajstić information content (AvgIpc) is 2.42. The van der Waals surface area contributed by atoms with Gasteiger partial charge in [-0.15, -0.1) is 0 Å². The molecule has 0 unspecified atom stereocenters. The molecule has 0 saturated heterocycles. The Balaban J connectivity index is 2.79. The van der Waals surface area contributed by atoms with Crippen LogP contribution in [0.2, 0.25) is 0 Å². The second kappa shape index (κ2) is 7.52. The number of rotatable bonds is 7. The lowest BCUT2D eigenvalue weighted by molar-refractivity contribution is 0.199. The molecule has 0 bridgehead atoms. The Hall–Kier alpha value is -1.79. The molecule has 100 valence electrons. The summed E-state index contributed by atoms with van der Waals surface area (Å²) in [5.74, 6) is 0.838. The number of nitrogens with one attached hydrogen (secondary N) is 1. The van der Waals surface area contributed by atoms with Crippen molar-refractivity contribution < 1.29 is 14.7 Å². The van der Waals surface area contributed by atoms with Crippen molar-refractivity contribution in [3.8, 4) is 5.75 Å². The van der Waals surface area contributed by atoms with Gasteiger partial charge in [0.2, 0.25) is 0 Å². The second-order valence-corrected chi connectivity index (χ2v) is 3.68. The van der Waals surface area contributed by atoms with Gasteiger partial charge < -0.3 is 25.7 Å². The van der Waals surface area contributed by atoms with Crippen LogP contribution in [-0.2, 0) is 11.3 Å². The predicted octanol–water partition coefficient (Wildman–Crippen LogP) is 0.526. The Morgan fingerprint density at radius 1 is 1.44 bits per heavy atom. The van der Waals surface area contributed by atoms with E-state index in [9.17, 15) is 0 Å². The van der Waals surface area contributed by atoms with Crippen LogP contribution in [0.5, 0.6) is 5.75 Å². The molecule has 0 aromatic heterocycles. The fraction of sp³-hybridized carbons (Fsp3) is 0.417. The highest BCUT2D eigenvalue weighted by molar-refractivity contribution is 5.97. The summed E-state index contributed by atoms with van der Waals surface area (Å²) >= 11 is 0. The highest BCUT2D eigenvalue weighted by Gasteiger charge is 2.06. The van der Waals surface area contributed by atoms with Crippen LogP contribution in [0.4, 0.5) is 0 Å². The topological polar surface area (TPSA) is 89.1 Å². The third-order valence-electron chi connectivity index (χ3n) is 2.48. The monoisotopic (exact) mass is 253 g/mol. The van der Waals surface area contributed by atoms with E-state index in [2.05, 4.69) is 10.5 Å². The van der Waals surface area contributed by atoms with E-state index in [1.54, 1.807) is 26.4 Å². The van der Waals surface area contributed by atoms with Crippen LogP contribution in [0, 0.1) is 0 Å². The van der Waals surface area contributed by atoms with E-state index in [1.165, 1.54) is 0 Å². The standard InChI is InChI=1S/C12H19N3O3/c1-17-6-5-14-8-10-7-9(12(13)15-16)3-4-11(10)18-2/h3-4,7,14,16H,5-6,8H2,1-2H3,(H2,13,15). The van der Waals surface area contributed by atoms with Gasteiger partial charge in [0.05, 0.1) is 13.7 Å². The van der Waals surface area contributed by atoms with Gasteiger partial charge in [0.25, 0.3) is 0 Å². The Bertz CT molecular complexity index is 408. The zero-order valence-corrected chi connectivity index (χ0v) is 10.6. The summed E-state index contributed by atoms with van der Waals surface area (Å²) in [5, 5.41) is 14.8. The van der Waals surface area contributed by atoms with Crippen molar-refractivity contribution in [3.63, 3.8) is 0 Å². The Kier molecular flexibility index (Phi) is 5.96. The molecule has 0 spiro atoms. The molecule has 1 aromatic carbocycles. The number of amidine groups is 1. The molecule has 0 saturated carbocycles. The molecule has 0 aliphatic heterocycles. The van der Waals surface area contributed by atoms with Gasteiger partial charge in [-0.2, -0.15) is 0 Å². The van der Waals surface area contributed by atoms with Crippen molar-refractivity contribution in [2.24, 2.45) is 10.9 Å². The largest absolute Gasteiger partial charge is 0.496 e. The lowest BCUT2D eigenvalue weighted by atomic mass is 10.1. The average molecular weight is 253 g/mol. The van der Waals surface area contributed by atoms with E-state index in [0.29, 0.717) is 18.7 Å². The molecule has 1 aromatic rings. The number of benzene rings is 1. The first-order chi connectivity index (χ1) is 8.72. The third kappa shape index (κ3) is 3.90. The third-order valence-corrected chi connectivity index (χ3v) is 2.48. The number of hydrogen-bond acceptors (Lipinski definition) is 5. The van der Waals surface area contributed by atoms with Crippen molar-refractivity contribution in [1.29, 1.82) is 0 Å². The summed E-state index contributed by atoms with van der Waals surface area (Å²) in [4.78, 5) is 0. The van der Waals surface area contributed by atoms with Crippen LogP contribution < -0.4 is 15.8 Å². The first-order valence-corrected chi connectivity index (χ1v) is 5.57. The number of oxime groups is 1. The summed E-state index contributed by atoms with van der Waals surface area (Å²) in [6.07, 6.45) is 0. The van der Waals surface area contributed by atoms with Crippen LogP contribution in [0.15, 0.2) is 23.4 Å². The molecule has 0 fully saturated rings. The quantitative estimate of drug-likeness (QED) is 0.217. The molecule has 0 heterocycles. The molecule has 0 amide bonds. The maximum absolute atomic E-state index is 8.65. The van der Waals surface area contributed by atoms with Gasteiger partial charge in [0, 0.05) is 31.3 Å². The number of methoxy groups -OCH3 is 2. The lowest BCUT2D eigenvalue weighted by Gasteiger charge is -2.11. The molecule has 0 aliphatic carbocycles. The van der Waals surface area contributed by atoms with Crippen molar-refractivity contribution in [3.05, 3.63) is 29.3 Å². The predicted molar refractivity (Wildman–Crippen MR) is 69.1 cm³/mol. The Labute approximate surface area is 106 Å². The molecular formula is C12H19N3O3. The Morgan fingerprint density at radius 2 is 2.22 bits per heavy atom. The van der Waals surface area contributed by atoms with Gasteiger partial charge in [-0.3, -0.25) is 0 Å². The van der Waals surface area contributed by atoms with Crippen molar-refractivity contribution in [2.45, 2.75) is 6.54 Å². The SMILES string of the molecule is COCCNCc1cc(/C(N)=N/O)ccc1OC. The van der Waals surface area contributed by atoms with Gasteiger partial charge in [-0.05, 0) is 18.2 Å². The van der Waals surface area contributed by atoms with E-state index in [-0.39, 0.29) is 5.84 Å².